The number of carbonyl (C=O) groups excluding carboxylic acids is 1. The lowest BCUT2D eigenvalue weighted by molar-refractivity contribution is 0.0592. The van der Waals surface area contributed by atoms with Crippen molar-refractivity contribution >= 4 is 11.8 Å². The second kappa shape index (κ2) is 5.80. The minimum Gasteiger partial charge on any atom is -0.464 e. The Morgan fingerprint density at radius 1 is 1.44 bits per heavy atom. The molecule has 98 valence electrons. The van der Waals surface area contributed by atoms with Crippen molar-refractivity contribution in [3.63, 3.8) is 0 Å². The Morgan fingerprint density at radius 2 is 2.28 bits per heavy atom. The average Bonchev–Trinajstić information content (AvgIpc) is 2.46. The number of piperidine rings is 1. The first-order valence-electron chi connectivity index (χ1n) is 6.45. The fourth-order valence-electron chi connectivity index (χ4n) is 2.42. The molecular weight excluding hydrogens is 230 g/mol. The van der Waals surface area contributed by atoms with Crippen molar-refractivity contribution in [2.75, 3.05) is 18.6 Å². The van der Waals surface area contributed by atoms with E-state index in [1.807, 2.05) is 6.07 Å². The van der Waals surface area contributed by atoms with Crippen molar-refractivity contribution in [1.82, 2.24) is 10.2 Å². The molecule has 0 unspecified atom stereocenters. The summed E-state index contributed by atoms with van der Waals surface area (Å²) in [6.07, 6.45) is 4.79. The van der Waals surface area contributed by atoms with E-state index in [-0.39, 0.29) is 5.69 Å². The van der Waals surface area contributed by atoms with Crippen LogP contribution in [-0.2, 0) is 4.74 Å². The third-order valence-electron chi connectivity index (χ3n) is 3.44. The number of esters is 1. The number of hydrogen-bond donors (Lipinski definition) is 0. The van der Waals surface area contributed by atoms with Crippen LogP contribution in [0.15, 0.2) is 12.1 Å². The lowest BCUT2D eigenvalue weighted by Gasteiger charge is -2.35. The molecule has 0 radical (unpaired) electrons. The van der Waals surface area contributed by atoms with Gasteiger partial charge >= 0.3 is 5.97 Å². The van der Waals surface area contributed by atoms with E-state index in [2.05, 4.69) is 26.8 Å². The summed E-state index contributed by atoms with van der Waals surface area (Å²) >= 11 is 0. The van der Waals surface area contributed by atoms with Gasteiger partial charge in [0, 0.05) is 12.6 Å². The number of nitrogens with zero attached hydrogens (tertiary/aromatic N) is 3. The summed E-state index contributed by atoms with van der Waals surface area (Å²) < 4.78 is 4.61. The third kappa shape index (κ3) is 2.60. The van der Waals surface area contributed by atoms with Gasteiger partial charge in [-0.05, 0) is 37.8 Å². The fraction of sp³-hybridized carbons (Fsp3) is 0.615. The molecule has 2 rings (SSSR count). The molecule has 1 atom stereocenters. The van der Waals surface area contributed by atoms with Crippen LogP contribution in [0.3, 0.4) is 0 Å². The highest BCUT2D eigenvalue weighted by molar-refractivity contribution is 5.86. The fourth-order valence-corrected chi connectivity index (χ4v) is 2.42. The normalized spacial score (nSPS) is 19.7. The highest BCUT2D eigenvalue weighted by Crippen LogP contribution is 2.24. The number of carbonyl (C=O) groups is 1. The number of rotatable bonds is 3. The Bertz CT molecular complexity index is 405. The Kier molecular flexibility index (Phi) is 4.12. The monoisotopic (exact) mass is 249 g/mol. The van der Waals surface area contributed by atoms with Crippen molar-refractivity contribution < 1.29 is 9.53 Å². The van der Waals surface area contributed by atoms with E-state index in [9.17, 15) is 4.79 Å². The number of ether oxygens (including phenoxy) is 1. The minimum atomic E-state index is -0.445. The summed E-state index contributed by atoms with van der Waals surface area (Å²) in [6.45, 7) is 3.21. The van der Waals surface area contributed by atoms with Gasteiger partial charge in [-0.25, -0.2) is 4.79 Å². The molecule has 0 aromatic carbocycles. The van der Waals surface area contributed by atoms with E-state index < -0.39 is 5.97 Å². The van der Waals surface area contributed by atoms with Gasteiger partial charge in [0.2, 0.25) is 0 Å². The maximum Gasteiger partial charge on any atom is 0.358 e. The molecule has 1 aromatic heterocycles. The zero-order valence-electron chi connectivity index (χ0n) is 10.9. The molecule has 5 heteroatoms. The summed E-state index contributed by atoms with van der Waals surface area (Å²) in [5, 5.41) is 8.07. The molecule has 0 bridgehead atoms. The van der Waals surface area contributed by atoms with E-state index >= 15 is 0 Å². The molecule has 5 nitrogen and oxygen atoms in total. The summed E-state index contributed by atoms with van der Waals surface area (Å²) in [7, 11) is 1.34. The van der Waals surface area contributed by atoms with Crippen molar-refractivity contribution in [2.45, 2.75) is 38.6 Å². The first-order chi connectivity index (χ1) is 8.76. The van der Waals surface area contributed by atoms with Crippen molar-refractivity contribution in [3.8, 4) is 0 Å². The van der Waals surface area contributed by atoms with Crippen molar-refractivity contribution in [2.24, 2.45) is 0 Å². The molecule has 2 heterocycles. The molecule has 0 saturated carbocycles. The first kappa shape index (κ1) is 12.8. The Hall–Kier alpha value is -1.65. The van der Waals surface area contributed by atoms with Crippen LogP contribution >= 0.6 is 0 Å². The van der Waals surface area contributed by atoms with Gasteiger partial charge in [-0.1, -0.05) is 6.92 Å². The van der Waals surface area contributed by atoms with Gasteiger partial charge < -0.3 is 9.64 Å². The van der Waals surface area contributed by atoms with E-state index in [4.69, 9.17) is 0 Å². The highest BCUT2D eigenvalue weighted by Gasteiger charge is 2.22. The van der Waals surface area contributed by atoms with Crippen LogP contribution in [0.5, 0.6) is 0 Å². The minimum absolute atomic E-state index is 0.256. The summed E-state index contributed by atoms with van der Waals surface area (Å²) in [4.78, 5) is 13.6. The average molecular weight is 249 g/mol. The smallest absolute Gasteiger partial charge is 0.358 e. The van der Waals surface area contributed by atoms with Gasteiger partial charge in [0.25, 0.3) is 0 Å². The molecular formula is C13H19N3O2. The topological polar surface area (TPSA) is 55.3 Å². The number of aromatic nitrogens is 2. The molecule has 0 N–H and O–H groups in total. The van der Waals surface area contributed by atoms with Gasteiger partial charge in [0.15, 0.2) is 11.5 Å². The maximum absolute atomic E-state index is 11.3. The highest BCUT2D eigenvalue weighted by atomic mass is 16.5. The Morgan fingerprint density at radius 3 is 2.89 bits per heavy atom. The summed E-state index contributed by atoms with van der Waals surface area (Å²) in [6, 6.07) is 4.07. The second-order valence-electron chi connectivity index (χ2n) is 4.52. The first-order valence-corrected chi connectivity index (χ1v) is 6.45. The van der Waals surface area contributed by atoms with Crippen LogP contribution in [0.1, 0.15) is 43.1 Å². The van der Waals surface area contributed by atoms with E-state index in [1.54, 1.807) is 6.07 Å². The van der Waals surface area contributed by atoms with Gasteiger partial charge in [-0.15, -0.1) is 10.2 Å². The molecule has 1 aromatic rings. The van der Waals surface area contributed by atoms with E-state index in [0.29, 0.717) is 6.04 Å². The largest absolute Gasteiger partial charge is 0.464 e. The van der Waals surface area contributed by atoms with Gasteiger partial charge in [0.05, 0.1) is 7.11 Å². The Labute approximate surface area is 107 Å². The molecule has 0 spiro atoms. The number of anilines is 1. The molecule has 0 aliphatic carbocycles. The molecule has 0 amide bonds. The van der Waals surface area contributed by atoms with Gasteiger partial charge in [-0.3, -0.25) is 0 Å². The third-order valence-corrected chi connectivity index (χ3v) is 3.44. The van der Waals surface area contributed by atoms with Crippen LogP contribution in [0.25, 0.3) is 0 Å². The molecule has 1 aliphatic rings. The SMILES string of the molecule is CC[C@H]1CCCCN1c1ccc(C(=O)OC)nn1. The summed E-state index contributed by atoms with van der Waals surface area (Å²) in [5.74, 6) is 0.411. The second-order valence-corrected chi connectivity index (χ2v) is 4.52. The Balaban J connectivity index is 2.15. The van der Waals surface area contributed by atoms with E-state index in [0.717, 1.165) is 18.8 Å². The lowest BCUT2D eigenvalue weighted by Crippen LogP contribution is -2.39. The van der Waals surface area contributed by atoms with Crippen LogP contribution in [0.4, 0.5) is 5.82 Å². The predicted octanol–water partition coefficient (Wildman–Crippen LogP) is 2.03. The van der Waals surface area contributed by atoms with Gasteiger partial charge in [-0.2, -0.15) is 0 Å². The molecule has 1 aliphatic heterocycles. The van der Waals surface area contributed by atoms with Crippen molar-refractivity contribution in [3.05, 3.63) is 17.8 Å². The van der Waals surface area contributed by atoms with Crippen molar-refractivity contribution in [1.29, 1.82) is 0 Å². The zero-order valence-corrected chi connectivity index (χ0v) is 10.9. The predicted molar refractivity (Wildman–Crippen MR) is 68.6 cm³/mol. The molecule has 18 heavy (non-hydrogen) atoms. The van der Waals surface area contributed by atoms with Crippen LogP contribution in [-0.4, -0.2) is 35.9 Å². The maximum atomic E-state index is 11.3. The molecule has 1 saturated heterocycles. The summed E-state index contributed by atoms with van der Waals surface area (Å²) in [5.41, 5.74) is 0.256. The lowest BCUT2D eigenvalue weighted by atomic mass is 10.0. The van der Waals surface area contributed by atoms with Crippen LogP contribution in [0.2, 0.25) is 0 Å². The number of hydrogen-bond acceptors (Lipinski definition) is 5. The standard InChI is InChI=1S/C13H19N3O2/c1-3-10-6-4-5-9-16(10)12-8-7-11(14-15-12)13(17)18-2/h7-8,10H,3-6,9H2,1-2H3/t10-/m0/s1. The van der Waals surface area contributed by atoms with Crippen LogP contribution in [0, 0.1) is 0 Å². The zero-order chi connectivity index (χ0) is 13.0. The van der Waals surface area contributed by atoms with Gasteiger partial charge in [0.1, 0.15) is 0 Å². The van der Waals surface area contributed by atoms with E-state index in [1.165, 1.54) is 26.4 Å². The van der Waals surface area contributed by atoms with Crippen LogP contribution < -0.4 is 4.90 Å². The molecule has 1 fully saturated rings. The quantitative estimate of drug-likeness (QED) is 0.767. The number of methoxy groups -OCH3 is 1.